The molecule has 3 aliphatic rings. The van der Waals surface area contributed by atoms with E-state index in [-0.39, 0.29) is 17.9 Å². The molecular formula is C22H37N3O5. The van der Waals surface area contributed by atoms with Crippen LogP contribution in [0.2, 0.25) is 0 Å². The van der Waals surface area contributed by atoms with Crippen molar-refractivity contribution in [3.63, 3.8) is 0 Å². The number of nitrogens with zero attached hydrogens (tertiary/aromatic N) is 2. The van der Waals surface area contributed by atoms with Gasteiger partial charge in [0.1, 0.15) is 11.6 Å². The zero-order chi connectivity index (χ0) is 21.9. The lowest BCUT2D eigenvalue weighted by molar-refractivity contribution is -0.143. The van der Waals surface area contributed by atoms with Crippen molar-refractivity contribution in [2.75, 3.05) is 13.1 Å². The van der Waals surface area contributed by atoms with E-state index in [2.05, 4.69) is 5.32 Å². The van der Waals surface area contributed by atoms with Gasteiger partial charge in [-0.25, -0.2) is 4.79 Å². The molecule has 2 N–H and O–H groups in total. The molecule has 0 aromatic rings. The monoisotopic (exact) mass is 423 g/mol. The highest BCUT2D eigenvalue weighted by Crippen LogP contribution is 2.28. The summed E-state index contributed by atoms with van der Waals surface area (Å²) in [5.74, 6) is -0.576. The summed E-state index contributed by atoms with van der Waals surface area (Å²) in [5, 5.41) is 13.7. The fourth-order valence-electron chi connectivity index (χ4n) is 4.86. The van der Waals surface area contributed by atoms with Crippen LogP contribution < -0.4 is 5.32 Å². The molecule has 3 amide bonds. The second kappa shape index (κ2) is 9.54. The largest absolute Gasteiger partial charge is 0.444 e. The quantitative estimate of drug-likeness (QED) is 0.722. The average molecular weight is 424 g/mol. The third-order valence-corrected chi connectivity index (χ3v) is 6.33. The van der Waals surface area contributed by atoms with E-state index in [9.17, 15) is 19.5 Å². The first-order valence-electron chi connectivity index (χ1n) is 11.5. The molecule has 1 aliphatic carbocycles. The maximum absolute atomic E-state index is 13.3. The summed E-state index contributed by atoms with van der Waals surface area (Å²) >= 11 is 0. The van der Waals surface area contributed by atoms with Gasteiger partial charge in [-0.1, -0.05) is 19.3 Å². The van der Waals surface area contributed by atoms with Gasteiger partial charge in [-0.3, -0.25) is 14.5 Å². The maximum Gasteiger partial charge on any atom is 0.410 e. The number of hydrogen-bond donors (Lipinski definition) is 2. The van der Waals surface area contributed by atoms with Crippen LogP contribution in [0.5, 0.6) is 0 Å². The summed E-state index contributed by atoms with van der Waals surface area (Å²) in [6.45, 7) is 6.38. The van der Waals surface area contributed by atoms with Crippen molar-refractivity contribution in [2.24, 2.45) is 0 Å². The fraction of sp³-hybridized carbons (Fsp3) is 0.864. The summed E-state index contributed by atoms with van der Waals surface area (Å²) in [4.78, 5) is 41.6. The lowest BCUT2D eigenvalue weighted by atomic mass is 9.95. The summed E-state index contributed by atoms with van der Waals surface area (Å²) in [6, 6.07) is -1.01. The fourth-order valence-corrected chi connectivity index (χ4v) is 4.86. The van der Waals surface area contributed by atoms with Crippen molar-refractivity contribution in [3.05, 3.63) is 0 Å². The minimum Gasteiger partial charge on any atom is -0.444 e. The first kappa shape index (κ1) is 22.8. The van der Waals surface area contributed by atoms with E-state index in [0.29, 0.717) is 25.9 Å². The molecule has 8 nitrogen and oxygen atoms in total. The van der Waals surface area contributed by atoms with E-state index in [1.165, 1.54) is 11.3 Å². The number of rotatable bonds is 4. The third-order valence-electron chi connectivity index (χ3n) is 6.33. The van der Waals surface area contributed by atoms with Crippen LogP contribution in [0.15, 0.2) is 0 Å². The molecule has 0 bridgehead atoms. The van der Waals surface area contributed by atoms with Crippen LogP contribution in [0.25, 0.3) is 0 Å². The summed E-state index contributed by atoms with van der Waals surface area (Å²) < 4.78 is 5.46. The molecule has 3 fully saturated rings. The number of nitrogens with one attached hydrogen (secondary N) is 1. The summed E-state index contributed by atoms with van der Waals surface area (Å²) in [7, 11) is 0. The molecule has 0 aromatic heterocycles. The van der Waals surface area contributed by atoms with E-state index in [1.807, 2.05) is 0 Å². The Morgan fingerprint density at radius 3 is 2.23 bits per heavy atom. The number of ether oxygens (including phenoxy) is 1. The summed E-state index contributed by atoms with van der Waals surface area (Å²) in [5.41, 5.74) is -0.628. The molecule has 2 saturated heterocycles. The molecule has 0 radical (unpaired) electrons. The number of aliphatic hydroxyl groups excluding tert-OH is 1. The van der Waals surface area contributed by atoms with Crippen LogP contribution >= 0.6 is 0 Å². The van der Waals surface area contributed by atoms with Gasteiger partial charge in [0.25, 0.3) is 5.91 Å². The van der Waals surface area contributed by atoms with Crippen LogP contribution in [-0.4, -0.2) is 75.7 Å². The molecule has 2 unspecified atom stereocenters. The van der Waals surface area contributed by atoms with Crippen molar-refractivity contribution in [1.29, 1.82) is 0 Å². The normalized spacial score (nSPS) is 26.5. The van der Waals surface area contributed by atoms with Crippen molar-refractivity contribution in [1.82, 2.24) is 15.1 Å². The molecule has 0 spiro atoms. The molecule has 30 heavy (non-hydrogen) atoms. The number of carbonyl (C=O) groups is 3. The van der Waals surface area contributed by atoms with Gasteiger partial charge in [-0.05, 0) is 59.3 Å². The zero-order valence-corrected chi connectivity index (χ0v) is 18.6. The SMILES string of the molecule is CC(C)(C)OC(=O)N1CCC[C@@H]1C(=O)N1CCCC1C(O)C(=O)NC1CCCCC1. The Bertz CT molecular complexity index is 641. The van der Waals surface area contributed by atoms with Gasteiger partial charge in [0, 0.05) is 19.1 Å². The van der Waals surface area contributed by atoms with Crippen molar-refractivity contribution >= 4 is 17.9 Å². The van der Waals surface area contributed by atoms with Crippen LogP contribution in [0.3, 0.4) is 0 Å². The smallest absolute Gasteiger partial charge is 0.410 e. The van der Waals surface area contributed by atoms with Gasteiger partial charge in [0.2, 0.25) is 5.91 Å². The van der Waals surface area contributed by atoms with E-state index in [0.717, 1.165) is 38.5 Å². The predicted molar refractivity (Wildman–Crippen MR) is 112 cm³/mol. The van der Waals surface area contributed by atoms with E-state index < -0.39 is 29.9 Å². The molecule has 170 valence electrons. The Labute approximate surface area is 179 Å². The zero-order valence-electron chi connectivity index (χ0n) is 18.6. The number of hydrogen-bond acceptors (Lipinski definition) is 5. The predicted octanol–water partition coefficient (Wildman–Crippen LogP) is 2.19. The number of carbonyl (C=O) groups excluding carboxylic acids is 3. The first-order valence-corrected chi connectivity index (χ1v) is 11.5. The molecular weight excluding hydrogens is 386 g/mol. The molecule has 8 heteroatoms. The van der Waals surface area contributed by atoms with Gasteiger partial charge in [-0.2, -0.15) is 0 Å². The Balaban J connectivity index is 1.62. The number of amides is 3. The second-order valence-corrected chi connectivity index (χ2v) is 9.86. The summed E-state index contributed by atoms with van der Waals surface area (Å²) in [6.07, 6.45) is 6.18. The second-order valence-electron chi connectivity index (χ2n) is 9.86. The molecule has 2 aliphatic heterocycles. The highest BCUT2D eigenvalue weighted by molar-refractivity contribution is 5.88. The molecule has 3 atom stereocenters. The highest BCUT2D eigenvalue weighted by Gasteiger charge is 2.44. The Morgan fingerprint density at radius 1 is 0.933 bits per heavy atom. The van der Waals surface area contributed by atoms with E-state index in [4.69, 9.17) is 4.74 Å². The molecule has 2 heterocycles. The average Bonchev–Trinajstić information content (AvgIpc) is 3.36. The van der Waals surface area contributed by atoms with Crippen LogP contribution in [0.1, 0.15) is 78.6 Å². The van der Waals surface area contributed by atoms with Gasteiger partial charge in [0.05, 0.1) is 6.04 Å². The van der Waals surface area contributed by atoms with Crippen LogP contribution in [0.4, 0.5) is 4.79 Å². The van der Waals surface area contributed by atoms with Gasteiger partial charge in [0.15, 0.2) is 6.10 Å². The van der Waals surface area contributed by atoms with Crippen molar-refractivity contribution in [2.45, 2.75) is 108 Å². The Hall–Kier alpha value is -1.83. The molecule has 0 aromatic carbocycles. The standard InChI is InChI=1S/C22H37N3O5/c1-22(2,3)30-21(29)25-14-8-12-17(25)20(28)24-13-7-11-16(24)18(26)19(27)23-15-9-5-4-6-10-15/h15-18,26H,4-14H2,1-3H3,(H,23,27)/t16?,17-,18?/m1/s1. The number of aliphatic hydroxyl groups is 1. The highest BCUT2D eigenvalue weighted by atomic mass is 16.6. The van der Waals surface area contributed by atoms with Crippen LogP contribution in [0, 0.1) is 0 Å². The lowest BCUT2D eigenvalue weighted by Crippen LogP contribution is -2.55. The van der Waals surface area contributed by atoms with E-state index in [1.54, 1.807) is 25.7 Å². The number of likely N-dealkylation sites (tertiary alicyclic amines) is 2. The van der Waals surface area contributed by atoms with Crippen LogP contribution in [-0.2, 0) is 14.3 Å². The minimum atomic E-state index is -1.24. The first-order chi connectivity index (χ1) is 14.2. The van der Waals surface area contributed by atoms with Gasteiger partial charge in [-0.15, -0.1) is 0 Å². The third kappa shape index (κ3) is 5.45. The lowest BCUT2D eigenvalue weighted by Gasteiger charge is -2.34. The topological polar surface area (TPSA) is 99.2 Å². The molecule has 1 saturated carbocycles. The van der Waals surface area contributed by atoms with Gasteiger partial charge < -0.3 is 20.1 Å². The van der Waals surface area contributed by atoms with Crippen molar-refractivity contribution in [3.8, 4) is 0 Å². The Kier molecular flexibility index (Phi) is 7.26. The van der Waals surface area contributed by atoms with E-state index >= 15 is 0 Å². The van der Waals surface area contributed by atoms with Gasteiger partial charge >= 0.3 is 6.09 Å². The van der Waals surface area contributed by atoms with Crippen molar-refractivity contribution < 1.29 is 24.2 Å². The molecule has 3 rings (SSSR count). The Morgan fingerprint density at radius 2 is 1.57 bits per heavy atom. The minimum absolute atomic E-state index is 0.115. The maximum atomic E-state index is 13.3.